The Balaban J connectivity index is 3.03. The number of nitrogens with two attached hydrogens (primary N) is 1. The molecule has 0 spiro atoms. The summed E-state index contributed by atoms with van der Waals surface area (Å²) in [6.07, 6.45) is -0.978. The van der Waals surface area contributed by atoms with Crippen LogP contribution < -0.4 is 5.73 Å². The number of rotatable bonds is 1. The average molecular weight is 158 g/mol. The maximum atomic E-state index is 8.90. The molecule has 0 saturated carbocycles. The second-order valence-electron chi connectivity index (χ2n) is 1.97. The Morgan fingerprint density at radius 2 is 2.00 bits per heavy atom. The van der Waals surface area contributed by atoms with Gasteiger partial charge >= 0.3 is 0 Å². The van der Waals surface area contributed by atoms with Crippen LogP contribution in [0.5, 0.6) is 0 Å². The standard InChI is InChI=1S/C7H8ClNO/c8-6-4-2-1-3-5(6)7(9)10/h1-4,7,10H,9H2. The fraction of sp³-hybridized carbons (Fsp3) is 0.143. The Kier molecular flexibility index (Phi) is 2.27. The molecule has 0 saturated heterocycles. The molecular weight excluding hydrogens is 150 g/mol. The zero-order valence-electron chi connectivity index (χ0n) is 5.29. The topological polar surface area (TPSA) is 46.2 Å². The summed E-state index contributed by atoms with van der Waals surface area (Å²) in [4.78, 5) is 0. The second-order valence-corrected chi connectivity index (χ2v) is 2.37. The van der Waals surface area contributed by atoms with Crippen LogP contribution in [0.3, 0.4) is 0 Å². The molecule has 0 aromatic heterocycles. The van der Waals surface area contributed by atoms with Crippen molar-refractivity contribution in [3.8, 4) is 0 Å². The summed E-state index contributed by atoms with van der Waals surface area (Å²) in [5.74, 6) is 0. The van der Waals surface area contributed by atoms with Gasteiger partial charge in [-0.3, -0.25) is 0 Å². The highest BCUT2D eigenvalue weighted by molar-refractivity contribution is 6.31. The van der Waals surface area contributed by atoms with E-state index in [1.165, 1.54) is 0 Å². The molecule has 0 amide bonds. The first-order valence-corrected chi connectivity index (χ1v) is 3.27. The second kappa shape index (κ2) is 3.01. The Morgan fingerprint density at radius 1 is 1.40 bits per heavy atom. The van der Waals surface area contributed by atoms with Crippen molar-refractivity contribution in [2.75, 3.05) is 0 Å². The summed E-state index contributed by atoms with van der Waals surface area (Å²) in [5, 5.41) is 9.40. The third-order valence-corrected chi connectivity index (χ3v) is 1.57. The lowest BCUT2D eigenvalue weighted by Crippen LogP contribution is -2.08. The molecule has 0 radical (unpaired) electrons. The predicted octanol–water partition coefficient (Wildman–Crippen LogP) is 1.29. The van der Waals surface area contributed by atoms with Gasteiger partial charge in [-0.1, -0.05) is 29.8 Å². The van der Waals surface area contributed by atoms with Crippen LogP contribution >= 0.6 is 11.6 Å². The minimum Gasteiger partial charge on any atom is -0.374 e. The van der Waals surface area contributed by atoms with Crippen LogP contribution in [0.25, 0.3) is 0 Å². The maximum Gasteiger partial charge on any atom is 0.130 e. The van der Waals surface area contributed by atoms with Crippen LogP contribution in [0.4, 0.5) is 0 Å². The number of hydrogen-bond donors (Lipinski definition) is 2. The summed E-state index contributed by atoms with van der Waals surface area (Å²) in [7, 11) is 0. The van der Waals surface area contributed by atoms with Gasteiger partial charge in [0.05, 0.1) is 0 Å². The van der Waals surface area contributed by atoms with E-state index in [0.717, 1.165) is 0 Å². The van der Waals surface area contributed by atoms with Gasteiger partial charge in [0, 0.05) is 10.6 Å². The van der Waals surface area contributed by atoms with E-state index in [-0.39, 0.29) is 0 Å². The summed E-state index contributed by atoms with van der Waals surface area (Å²) in [6, 6.07) is 6.94. The SMILES string of the molecule is NC(O)c1ccccc1Cl. The first kappa shape index (κ1) is 7.54. The van der Waals surface area contributed by atoms with E-state index >= 15 is 0 Å². The molecule has 1 aromatic rings. The van der Waals surface area contributed by atoms with E-state index in [1.54, 1.807) is 24.3 Å². The van der Waals surface area contributed by atoms with Gasteiger partial charge in [-0.2, -0.15) is 0 Å². The average Bonchev–Trinajstić information content (AvgIpc) is 1.88. The Hall–Kier alpha value is -0.570. The number of aliphatic hydroxyl groups is 1. The highest BCUT2D eigenvalue weighted by Gasteiger charge is 2.03. The number of benzene rings is 1. The fourth-order valence-electron chi connectivity index (χ4n) is 0.715. The monoisotopic (exact) mass is 157 g/mol. The van der Waals surface area contributed by atoms with Gasteiger partial charge in [0.15, 0.2) is 0 Å². The third-order valence-electron chi connectivity index (χ3n) is 1.22. The highest BCUT2D eigenvalue weighted by atomic mass is 35.5. The predicted molar refractivity (Wildman–Crippen MR) is 40.6 cm³/mol. The third kappa shape index (κ3) is 1.48. The van der Waals surface area contributed by atoms with Crippen LogP contribution in [-0.2, 0) is 0 Å². The Morgan fingerprint density at radius 3 is 2.40 bits per heavy atom. The highest BCUT2D eigenvalue weighted by Crippen LogP contribution is 2.18. The van der Waals surface area contributed by atoms with Crippen LogP contribution in [0.1, 0.15) is 11.8 Å². The van der Waals surface area contributed by atoms with E-state index in [1.807, 2.05) is 0 Å². The van der Waals surface area contributed by atoms with Gasteiger partial charge < -0.3 is 10.8 Å². The smallest absolute Gasteiger partial charge is 0.130 e. The number of aliphatic hydroxyl groups excluding tert-OH is 1. The minimum absolute atomic E-state index is 0.498. The molecule has 3 N–H and O–H groups in total. The van der Waals surface area contributed by atoms with Crippen molar-refractivity contribution in [2.24, 2.45) is 5.73 Å². The summed E-state index contributed by atoms with van der Waals surface area (Å²) in [6.45, 7) is 0. The molecule has 0 aliphatic rings. The van der Waals surface area contributed by atoms with E-state index in [9.17, 15) is 0 Å². The molecule has 54 valence electrons. The van der Waals surface area contributed by atoms with Gasteiger partial charge in [-0.25, -0.2) is 0 Å². The van der Waals surface area contributed by atoms with Crippen molar-refractivity contribution >= 4 is 11.6 Å². The van der Waals surface area contributed by atoms with Crippen molar-refractivity contribution in [3.05, 3.63) is 34.9 Å². The van der Waals surface area contributed by atoms with Crippen molar-refractivity contribution in [1.82, 2.24) is 0 Å². The quantitative estimate of drug-likeness (QED) is 0.604. The number of halogens is 1. The maximum absolute atomic E-state index is 8.90. The van der Waals surface area contributed by atoms with Crippen molar-refractivity contribution in [1.29, 1.82) is 0 Å². The molecule has 2 nitrogen and oxygen atoms in total. The molecule has 0 bridgehead atoms. The largest absolute Gasteiger partial charge is 0.374 e. The molecule has 1 unspecified atom stereocenters. The fourth-order valence-corrected chi connectivity index (χ4v) is 0.962. The van der Waals surface area contributed by atoms with Gasteiger partial charge in [-0.05, 0) is 6.07 Å². The van der Waals surface area contributed by atoms with Crippen molar-refractivity contribution in [3.63, 3.8) is 0 Å². The van der Waals surface area contributed by atoms with Crippen LogP contribution in [0, 0.1) is 0 Å². The van der Waals surface area contributed by atoms with Gasteiger partial charge in [0.1, 0.15) is 6.23 Å². The molecular formula is C7H8ClNO. The van der Waals surface area contributed by atoms with Crippen molar-refractivity contribution in [2.45, 2.75) is 6.23 Å². The van der Waals surface area contributed by atoms with Gasteiger partial charge in [-0.15, -0.1) is 0 Å². The van der Waals surface area contributed by atoms with Crippen LogP contribution in [-0.4, -0.2) is 5.11 Å². The Labute approximate surface area is 64.2 Å². The Bertz CT molecular complexity index is 225. The first-order valence-electron chi connectivity index (χ1n) is 2.90. The number of hydrogen-bond acceptors (Lipinski definition) is 2. The first-order chi connectivity index (χ1) is 4.72. The summed E-state index contributed by atoms with van der Waals surface area (Å²) >= 11 is 5.68. The molecule has 1 atom stereocenters. The normalized spacial score (nSPS) is 13.1. The molecule has 10 heavy (non-hydrogen) atoms. The van der Waals surface area contributed by atoms with Gasteiger partial charge in [0.2, 0.25) is 0 Å². The molecule has 1 aromatic carbocycles. The van der Waals surface area contributed by atoms with Crippen LogP contribution in [0.2, 0.25) is 5.02 Å². The zero-order chi connectivity index (χ0) is 7.56. The van der Waals surface area contributed by atoms with E-state index in [4.69, 9.17) is 22.4 Å². The summed E-state index contributed by atoms with van der Waals surface area (Å²) in [5.41, 5.74) is 5.75. The zero-order valence-corrected chi connectivity index (χ0v) is 6.05. The lowest BCUT2D eigenvalue weighted by Gasteiger charge is -2.04. The molecule has 0 aliphatic heterocycles. The van der Waals surface area contributed by atoms with Crippen molar-refractivity contribution < 1.29 is 5.11 Å². The molecule has 0 aliphatic carbocycles. The van der Waals surface area contributed by atoms with E-state index < -0.39 is 6.23 Å². The van der Waals surface area contributed by atoms with E-state index in [0.29, 0.717) is 10.6 Å². The van der Waals surface area contributed by atoms with Gasteiger partial charge in [0.25, 0.3) is 0 Å². The molecule has 3 heteroatoms. The summed E-state index contributed by atoms with van der Waals surface area (Å²) < 4.78 is 0. The molecule has 1 rings (SSSR count). The molecule has 0 fully saturated rings. The minimum atomic E-state index is -0.978. The van der Waals surface area contributed by atoms with Crippen LogP contribution in [0.15, 0.2) is 24.3 Å². The van der Waals surface area contributed by atoms with E-state index in [2.05, 4.69) is 0 Å². The molecule has 0 heterocycles. The lowest BCUT2D eigenvalue weighted by molar-refractivity contribution is 0.186. The lowest BCUT2D eigenvalue weighted by atomic mass is 10.2.